The molecule has 0 aromatic heterocycles. The molecule has 0 bridgehead atoms. The van der Waals surface area contributed by atoms with E-state index in [1.165, 1.54) is 4.90 Å². The smallest absolute Gasteiger partial charge is 0.295 e. The lowest BCUT2D eigenvalue weighted by molar-refractivity contribution is -0.140. The summed E-state index contributed by atoms with van der Waals surface area (Å²) < 4.78 is 0.844. The van der Waals surface area contributed by atoms with Gasteiger partial charge in [0.2, 0.25) is 0 Å². The second kappa shape index (κ2) is 7.85. The Balaban J connectivity index is 2.14. The van der Waals surface area contributed by atoms with Crippen LogP contribution < -0.4 is 0 Å². The standard InChI is InChI=1S/C20H18BrNO4/c21-15-9-7-14(8-10-15)18(24)16-17(13-5-2-1-3-6-13)22(11-4-12-23)20(26)19(16)25/h1-3,5-10,17,23-24H,4,11-12H2/t17-/m0/s1. The quantitative estimate of drug-likeness (QED) is 0.446. The van der Waals surface area contributed by atoms with E-state index in [1.54, 1.807) is 24.3 Å². The molecule has 1 aliphatic rings. The molecule has 0 radical (unpaired) electrons. The van der Waals surface area contributed by atoms with E-state index >= 15 is 0 Å². The van der Waals surface area contributed by atoms with E-state index in [0.717, 1.165) is 10.0 Å². The lowest BCUT2D eigenvalue weighted by Gasteiger charge is -2.25. The van der Waals surface area contributed by atoms with Crippen LogP contribution in [0, 0.1) is 0 Å². The highest BCUT2D eigenvalue weighted by Crippen LogP contribution is 2.39. The van der Waals surface area contributed by atoms with E-state index in [-0.39, 0.29) is 24.5 Å². The maximum atomic E-state index is 12.7. The number of amides is 1. The summed E-state index contributed by atoms with van der Waals surface area (Å²) in [4.78, 5) is 26.6. The summed E-state index contributed by atoms with van der Waals surface area (Å²) in [5.41, 5.74) is 1.28. The zero-order valence-electron chi connectivity index (χ0n) is 13.9. The van der Waals surface area contributed by atoms with Crippen LogP contribution in [0.3, 0.4) is 0 Å². The van der Waals surface area contributed by atoms with Gasteiger partial charge in [0.25, 0.3) is 11.7 Å². The number of Topliss-reactive ketones (excluding diaryl/α,β-unsaturated/α-hetero) is 1. The molecule has 1 fully saturated rings. The van der Waals surface area contributed by atoms with E-state index in [4.69, 9.17) is 5.11 Å². The Morgan fingerprint density at radius 3 is 2.31 bits per heavy atom. The summed E-state index contributed by atoms with van der Waals surface area (Å²) >= 11 is 3.34. The zero-order chi connectivity index (χ0) is 18.7. The van der Waals surface area contributed by atoms with Gasteiger partial charge in [-0.3, -0.25) is 9.59 Å². The van der Waals surface area contributed by atoms with Crippen molar-refractivity contribution in [2.24, 2.45) is 0 Å². The van der Waals surface area contributed by atoms with Crippen molar-refractivity contribution in [1.29, 1.82) is 0 Å². The Morgan fingerprint density at radius 2 is 1.69 bits per heavy atom. The first-order valence-electron chi connectivity index (χ1n) is 8.24. The number of rotatable bonds is 5. The SMILES string of the molecule is O=C1C(=O)N(CCCO)[C@@H](c2ccccc2)C1=C(O)c1ccc(Br)cc1. The van der Waals surface area contributed by atoms with Crippen molar-refractivity contribution >= 4 is 33.4 Å². The van der Waals surface area contributed by atoms with E-state index in [1.807, 2.05) is 30.3 Å². The first-order chi connectivity index (χ1) is 12.5. The Bertz CT molecular complexity index is 846. The molecule has 2 N–H and O–H groups in total. The molecule has 26 heavy (non-hydrogen) atoms. The number of hydrogen-bond acceptors (Lipinski definition) is 4. The highest BCUT2D eigenvalue weighted by molar-refractivity contribution is 9.10. The maximum absolute atomic E-state index is 12.7. The van der Waals surface area contributed by atoms with Crippen molar-refractivity contribution in [3.05, 3.63) is 75.8 Å². The summed E-state index contributed by atoms with van der Waals surface area (Å²) in [7, 11) is 0. The predicted molar refractivity (Wildman–Crippen MR) is 101 cm³/mol. The van der Waals surface area contributed by atoms with Gasteiger partial charge in [-0.2, -0.15) is 0 Å². The first kappa shape index (κ1) is 18.4. The van der Waals surface area contributed by atoms with Gasteiger partial charge in [0.05, 0.1) is 11.6 Å². The van der Waals surface area contributed by atoms with Gasteiger partial charge in [-0.15, -0.1) is 0 Å². The van der Waals surface area contributed by atoms with Crippen molar-refractivity contribution in [2.75, 3.05) is 13.2 Å². The van der Waals surface area contributed by atoms with Crippen molar-refractivity contribution < 1.29 is 19.8 Å². The van der Waals surface area contributed by atoms with Gasteiger partial charge in [0.1, 0.15) is 5.76 Å². The number of ketones is 1. The molecule has 0 saturated carbocycles. The topological polar surface area (TPSA) is 77.8 Å². The van der Waals surface area contributed by atoms with Gasteiger partial charge in [-0.05, 0) is 24.1 Å². The second-order valence-corrected chi connectivity index (χ2v) is 6.90. The molecule has 2 aromatic carbocycles. The minimum Gasteiger partial charge on any atom is -0.507 e. The summed E-state index contributed by atoms with van der Waals surface area (Å²) in [5.74, 6) is -1.57. The third-order valence-electron chi connectivity index (χ3n) is 4.33. The van der Waals surface area contributed by atoms with Crippen molar-refractivity contribution in [3.63, 3.8) is 0 Å². The zero-order valence-corrected chi connectivity index (χ0v) is 15.5. The molecule has 0 unspecified atom stereocenters. The normalized spacial score (nSPS) is 19.2. The lowest BCUT2D eigenvalue weighted by atomic mass is 9.95. The number of carbonyl (C=O) groups excluding carboxylic acids is 2. The number of likely N-dealkylation sites (tertiary alicyclic amines) is 1. The number of nitrogens with zero attached hydrogens (tertiary/aromatic N) is 1. The summed E-state index contributed by atoms with van der Waals surface area (Å²) in [6.07, 6.45) is 0.356. The molecule has 0 spiro atoms. The Kier molecular flexibility index (Phi) is 5.54. The van der Waals surface area contributed by atoms with E-state index in [2.05, 4.69) is 15.9 Å². The highest BCUT2D eigenvalue weighted by atomic mass is 79.9. The third-order valence-corrected chi connectivity index (χ3v) is 4.86. The Labute approximate surface area is 159 Å². The molecule has 1 heterocycles. The predicted octanol–water partition coefficient (Wildman–Crippen LogP) is 3.25. The van der Waals surface area contributed by atoms with Gasteiger partial charge in [0.15, 0.2) is 0 Å². The molecule has 134 valence electrons. The molecule has 1 amide bonds. The van der Waals surface area contributed by atoms with Crippen LogP contribution in [0.2, 0.25) is 0 Å². The van der Waals surface area contributed by atoms with E-state index < -0.39 is 17.7 Å². The summed E-state index contributed by atoms with van der Waals surface area (Å²) in [6.45, 7) is 0.148. The monoisotopic (exact) mass is 415 g/mol. The van der Waals surface area contributed by atoms with Crippen LogP contribution in [0.5, 0.6) is 0 Å². The van der Waals surface area contributed by atoms with Crippen LogP contribution in [-0.4, -0.2) is 40.0 Å². The maximum Gasteiger partial charge on any atom is 0.295 e. The second-order valence-electron chi connectivity index (χ2n) is 5.99. The van der Waals surface area contributed by atoms with Crippen LogP contribution >= 0.6 is 15.9 Å². The van der Waals surface area contributed by atoms with Gasteiger partial charge in [-0.1, -0.05) is 58.4 Å². The largest absolute Gasteiger partial charge is 0.507 e. The van der Waals surface area contributed by atoms with Crippen molar-refractivity contribution in [2.45, 2.75) is 12.5 Å². The molecule has 2 aromatic rings. The van der Waals surface area contributed by atoms with Crippen molar-refractivity contribution in [1.82, 2.24) is 4.90 Å². The minimum absolute atomic E-state index is 0.0708. The fourth-order valence-corrected chi connectivity index (χ4v) is 3.36. The average molecular weight is 416 g/mol. The summed E-state index contributed by atoms with van der Waals surface area (Å²) in [5, 5.41) is 19.9. The van der Waals surface area contributed by atoms with Gasteiger partial charge < -0.3 is 15.1 Å². The molecule has 1 saturated heterocycles. The van der Waals surface area contributed by atoms with Crippen LogP contribution in [0.25, 0.3) is 5.76 Å². The van der Waals surface area contributed by atoms with Crippen molar-refractivity contribution in [3.8, 4) is 0 Å². The van der Waals surface area contributed by atoms with Crippen LogP contribution in [0.1, 0.15) is 23.6 Å². The molecular weight excluding hydrogens is 398 g/mol. The summed E-state index contributed by atoms with van der Waals surface area (Å²) in [6, 6.07) is 15.3. The Morgan fingerprint density at radius 1 is 1.04 bits per heavy atom. The lowest BCUT2D eigenvalue weighted by Crippen LogP contribution is -2.31. The molecule has 3 rings (SSSR count). The molecular formula is C20H18BrNO4. The number of aliphatic hydroxyl groups excluding tert-OH is 2. The van der Waals surface area contributed by atoms with E-state index in [0.29, 0.717) is 12.0 Å². The van der Waals surface area contributed by atoms with Gasteiger partial charge >= 0.3 is 0 Å². The van der Waals surface area contributed by atoms with Crippen LogP contribution in [0.15, 0.2) is 64.6 Å². The molecule has 1 atom stereocenters. The van der Waals surface area contributed by atoms with Gasteiger partial charge in [0, 0.05) is 23.2 Å². The molecule has 1 aliphatic heterocycles. The van der Waals surface area contributed by atoms with Crippen LogP contribution in [0.4, 0.5) is 0 Å². The molecule has 6 heteroatoms. The number of halogens is 1. The molecule has 0 aliphatic carbocycles. The number of benzene rings is 2. The van der Waals surface area contributed by atoms with Gasteiger partial charge in [-0.25, -0.2) is 0 Å². The minimum atomic E-state index is -0.711. The highest BCUT2D eigenvalue weighted by Gasteiger charge is 2.45. The average Bonchev–Trinajstić information content (AvgIpc) is 2.91. The van der Waals surface area contributed by atoms with E-state index in [9.17, 15) is 14.7 Å². The fraction of sp³-hybridized carbons (Fsp3) is 0.200. The third kappa shape index (κ3) is 3.43. The molecule has 5 nitrogen and oxygen atoms in total. The number of hydrogen-bond donors (Lipinski definition) is 2. The fourth-order valence-electron chi connectivity index (χ4n) is 3.10. The number of aliphatic hydroxyl groups is 2. The Hall–Kier alpha value is -2.44. The number of carbonyl (C=O) groups is 2. The van der Waals surface area contributed by atoms with Crippen LogP contribution in [-0.2, 0) is 9.59 Å². The first-order valence-corrected chi connectivity index (χ1v) is 9.04.